The molecule has 26 heavy (non-hydrogen) atoms. The first kappa shape index (κ1) is 18.2. The fourth-order valence-electron chi connectivity index (χ4n) is 2.65. The van der Waals surface area contributed by atoms with Crippen LogP contribution in [0.3, 0.4) is 0 Å². The van der Waals surface area contributed by atoms with Gasteiger partial charge in [0.25, 0.3) is 0 Å². The van der Waals surface area contributed by atoms with Gasteiger partial charge in [0.05, 0.1) is 18.9 Å². The molecule has 1 fully saturated rings. The van der Waals surface area contributed by atoms with E-state index in [1.807, 2.05) is 31.1 Å². The van der Waals surface area contributed by atoms with E-state index in [4.69, 9.17) is 16.3 Å². The molecular weight excluding hydrogens is 352 g/mol. The summed E-state index contributed by atoms with van der Waals surface area (Å²) in [6, 6.07) is 7.35. The van der Waals surface area contributed by atoms with Crippen molar-refractivity contribution >= 4 is 29.4 Å². The zero-order chi connectivity index (χ0) is 18.5. The number of ether oxygens (including phenoxy) is 1. The van der Waals surface area contributed by atoms with Crippen molar-refractivity contribution in [2.75, 3.05) is 32.1 Å². The van der Waals surface area contributed by atoms with Gasteiger partial charge in [0, 0.05) is 38.2 Å². The standard InChI is InChI=1S/C19H21ClN4O2/c1-23(2)17-11-21-12-18(22-17)26-16-9-10-24(13-16)19(25)8-5-14-3-6-15(20)7-4-14/h3-8,11-12,16H,9-10,13H2,1-2H3/b8-5+. The van der Waals surface area contributed by atoms with Gasteiger partial charge < -0.3 is 14.5 Å². The van der Waals surface area contributed by atoms with Gasteiger partial charge in [-0.15, -0.1) is 0 Å². The number of halogens is 1. The number of aromatic nitrogens is 2. The van der Waals surface area contributed by atoms with Crippen molar-refractivity contribution < 1.29 is 9.53 Å². The Bertz CT molecular complexity index is 792. The highest BCUT2D eigenvalue weighted by Crippen LogP contribution is 2.19. The summed E-state index contributed by atoms with van der Waals surface area (Å²) in [5, 5.41) is 0.675. The Kier molecular flexibility index (Phi) is 5.73. The number of anilines is 1. The molecule has 1 aliphatic rings. The molecule has 0 radical (unpaired) electrons. The molecule has 0 bridgehead atoms. The molecule has 7 heteroatoms. The summed E-state index contributed by atoms with van der Waals surface area (Å²) in [7, 11) is 3.80. The normalized spacial score (nSPS) is 16.9. The van der Waals surface area contributed by atoms with Gasteiger partial charge in [0.15, 0.2) is 5.82 Å². The third-order valence-electron chi connectivity index (χ3n) is 4.09. The molecule has 0 saturated carbocycles. The maximum absolute atomic E-state index is 12.3. The van der Waals surface area contributed by atoms with Crippen LogP contribution in [0.15, 0.2) is 42.7 Å². The average molecular weight is 373 g/mol. The summed E-state index contributed by atoms with van der Waals surface area (Å²) in [6.45, 7) is 1.20. The first-order valence-electron chi connectivity index (χ1n) is 8.40. The van der Waals surface area contributed by atoms with E-state index in [2.05, 4.69) is 9.97 Å². The topological polar surface area (TPSA) is 58.6 Å². The quantitative estimate of drug-likeness (QED) is 0.755. The zero-order valence-electron chi connectivity index (χ0n) is 14.8. The number of benzene rings is 1. The van der Waals surface area contributed by atoms with Gasteiger partial charge in [-0.2, -0.15) is 4.98 Å². The minimum atomic E-state index is -0.0744. The Hall–Kier alpha value is -2.60. The predicted molar refractivity (Wildman–Crippen MR) is 102 cm³/mol. The van der Waals surface area contributed by atoms with E-state index in [1.54, 1.807) is 41.6 Å². The highest BCUT2D eigenvalue weighted by Gasteiger charge is 2.27. The lowest BCUT2D eigenvalue weighted by Crippen LogP contribution is -2.29. The fraction of sp³-hybridized carbons (Fsp3) is 0.316. The third kappa shape index (κ3) is 4.73. The fourth-order valence-corrected chi connectivity index (χ4v) is 2.78. The first-order chi connectivity index (χ1) is 12.5. The summed E-state index contributed by atoms with van der Waals surface area (Å²) in [4.78, 5) is 24.5. The minimum absolute atomic E-state index is 0.0285. The lowest BCUT2D eigenvalue weighted by Gasteiger charge is -2.16. The lowest BCUT2D eigenvalue weighted by molar-refractivity contribution is -0.125. The van der Waals surface area contributed by atoms with Crippen LogP contribution in [0.25, 0.3) is 6.08 Å². The number of carbonyl (C=O) groups excluding carboxylic acids is 1. The molecule has 1 aromatic carbocycles. The minimum Gasteiger partial charge on any atom is -0.471 e. The number of hydrogen-bond donors (Lipinski definition) is 0. The van der Waals surface area contributed by atoms with Crippen molar-refractivity contribution in [3.8, 4) is 5.88 Å². The van der Waals surface area contributed by atoms with Gasteiger partial charge in [0.1, 0.15) is 6.10 Å². The molecule has 1 saturated heterocycles. The van der Waals surface area contributed by atoms with Crippen LogP contribution >= 0.6 is 11.6 Å². The summed E-state index contributed by atoms with van der Waals surface area (Å²) < 4.78 is 5.89. The first-order valence-corrected chi connectivity index (χ1v) is 8.77. The number of amides is 1. The molecule has 0 spiro atoms. The molecule has 1 aliphatic heterocycles. The molecule has 2 aromatic rings. The molecular formula is C19H21ClN4O2. The van der Waals surface area contributed by atoms with E-state index < -0.39 is 0 Å². The van der Waals surface area contributed by atoms with E-state index in [0.29, 0.717) is 24.0 Å². The van der Waals surface area contributed by atoms with Gasteiger partial charge >= 0.3 is 0 Å². The number of carbonyl (C=O) groups is 1. The van der Waals surface area contributed by atoms with E-state index in [9.17, 15) is 4.79 Å². The van der Waals surface area contributed by atoms with E-state index >= 15 is 0 Å². The maximum Gasteiger partial charge on any atom is 0.246 e. The second-order valence-corrected chi connectivity index (χ2v) is 6.74. The summed E-state index contributed by atoms with van der Waals surface area (Å²) in [5.74, 6) is 1.19. The smallest absolute Gasteiger partial charge is 0.246 e. The molecule has 2 heterocycles. The van der Waals surface area contributed by atoms with E-state index in [0.717, 1.165) is 17.8 Å². The predicted octanol–water partition coefficient (Wildman–Crippen LogP) is 2.89. The monoisotopic (exact) mass is 372 g/mol. The van der Waals surface area contributed by atoms with Crippen molar-refractivity contribution in [1.82, 2.24) is 14.9 Å². The van der Waals surface area contributed by atoms with Crippen molar-refractivity contribution in [3.05, 3.63) is 53.3 Å². The van der Waals surface area contributed by atoms with Gasteiger partial charge in [-0.05, 0) is 23.8 Å². The molecule has 0 aliphatic carbocycles. The molecule has 136 valence electrons. The van der Waals surface area contributed by atoms with Crippen LogP contribution < -0.4 is 9.64 Å². The van der Waals surface area contributed by atoms with Gasteiger partial charge in [-0.1, -0.05) is 23.7 Å². The third-order valence-corrected chi connectivity index (χ3v) is 4.34. The van der Waals surface area contributed by atoms with Gasteiger partial charge in [-0.25, -0.2) is 0 Å². The van der Waals surface area contributed by atoms with Crippen LogP contribution in [-0.4, -0.2) is 54.1 Å². The summed E-state index contributed by atoms with van der Waals surface area (Å²) in [5.41, 5.74) is 0.936. The number of nitrogens with zero attached hydrogens (tertiary/aromatic N) is 4. The Labute approximate surface area is 158 Å². The molecule has 6 nitrogen and oxygen atoms in total. The van der Waals surface area contributed by atoms with Crippen LogP contribution in [0.1, 0.15) is 12.0 Å². The number of rotatable bonds is 5. The Morgan fingerprint density at radius 3 is 2.81 bits per heavy atom. The van der Waals surface area contributed by atoms with Crippen molar-refractivity contribution in [3.63, 3.8) is 0 Å². The number of likely N-dealkylation sites (tertiary alicyclic amines) is 1. The van der Waals surface area contributed by atoms with Crippen molar-refractivity contribution in [1.29, 1.82) is 0 Å². The SMILES string of the molecule is CN(C)c1cncc(OC2CCN(C(=O)/C=C/c3ccc(Cl)cc3)C2)n1. The maximum atomic E-state index is 12.3. The summed E-state index contributed by atoms with van der Waals surface area (Å²) in [6.07, 6.45) is 7.34. The Balaban J connectivity index is 1.55. The van der Waals surface area contributed by atoms with Gasteiger partial charge in [0.2, 0.25) is 11.8 Å². The van der Waals surface area contributed by atoms with Crippen LogP contribution in [-0.2, 0) is 4.79 Å². The number of hydrogen-bond acceptors (Lipinski definition) is 5. The highest BCUT2D eigenvalue weighted by molar-refractivity contribution is 6.30. The van der Waals surface area contributed by atoms with Crippen molar-refractivity contribution in [2.45, 2.75) is 12.5 Å². The van der Waals surface area contributed by atoms with Gasteiger partial charge in [-0.3, -0.25) is 9.78 Å². The lowest BCUT2D eigenvalue weighted by atomic mass is 10.2. The van der Waals surface area contributed by atoms with Crippen LogP contribution in [0.2, 0.25) is 5.02 Å². The highest BCUT2D eigenvalue weighted by atomic mass is 35.5. The summed E-state index contributed by atoms with van der Waals surface area (Å²) >= 11 is 5.86. The van der Waals surface area contributed by atoms with Crippen LogP contribution in [0, 0.1) is 0 Å². The molecule has 1 unspecified atom stereocenters. The average Bonchev–Trinajstić information content (AvgIpc) is 3.10. The zero-order valence-corrected chi connectivity index (χ0v) is 15.6. The van der Waals surface area contributed by atoms with E-state index in [1.165, 1.54) is 0 Å². The molecule has 1 amide bonds. The van der Waals surface area contributed by atoms with Crippen LogP contribution in [0.4, 0.5) is 5.82 Å². The molecule has 3 rings (SSSR count). The Morgan fingerprint density at radius 2 is 2.08 bits per heavy atom. The van der Waals surface area contributed by atoms with E-state index in [-0.39, 0.29) is 12.0 Å². The second kappa shape index (κ2) is 8.19. The molecule has 1 aromatic heterocycles. The molecule has 1 atom stereocenters. The second-order valence-electron chi connectivity index (χ2n) is 6.31. The van der Waals surface area contributed by atoms with Crippen molar-refractivity contribution in [2.24, 2.45) is 0 Å². The molecule has 0 N–H and O–H groups in total. The Morgan fingerprint density at radius 1 is 1.31 bits per heavy atom. The van der Waals surface area contributed by atoms with Crippen LogP contribution in [0.5, 0.6) is 5.88 Å². The largest absolute Gasteiger partial charge is 0.471 e.